The van der Waals surface area contributed by atoms with Crippen LogP contribution in [-0.4, -0.2) is 25.9 Å². The average Bonchev–Trinajstić information content (AvgIpc) is 2.81. The molecule has 2 N–H and O–H groups in total. The molecule has 4 aromatic rings. The third-order valence-electron chi connectivity index (χ3n) is 5.12. The third kappa shape index (κ3) is 5.86. The molecule has 0 heterocycles. The first kappa shape index (κ1) is 25.3. The summed E-state index contributed by atoms with van der Waals surface area (Å²) in [6.07, 6.45) is 0. The average molecular weight is 525 g/mol. The Morgan fingerprint density at radius 2 is 0.889 bits per heavy atom. The number of nitrogens with zero attached hydrogens (tertiary/aromatic N) is 4. The molecule has 0 unspecified atom stereocenters. The van der Waals surface area contributed by atoms with Gasteiger partial charge >= 0.3 is 0 Å². The van der Waals surface area contributed by atoms with Crippen molar-refractivity contribution in [2.45, 2.75) is 23.6 Å². The SMILES string of the molecule is Cc1ccc(N=Nc2ccc(N=Nc3cc(S(=O)(=O)O)c4cc(C)cc(S(=O)(=O)O)c4c3)cc2)cc1. The maximum atomic E-state index is 12.0. The van der Waals surface area contributed by atoms with E-state index < -0.39 is 30.0 Å². The predicted octanol–water partition coefficient (Wildman–Crippen LogP) is 6.78. The zero-order valence-electron chi connectivity index (χ0n) is 19.1. The van der Waals surface area contributed by atoms with Crippen LogP contribution in [-0.2, 0) is 20.2 Å². The first-order valence-electron chi connectivity index (χ1n) is 10.4. The molecular weight excluding hydrogens is 504 g/mol. The van der Waals surface area contributed by atoms with Gasteiger partial charge in [0.1, 0.15) is 9.79 Å². The lowest BCUT2D eigenvalue weighted by Crippen LogP contribution is -2.03. The topological polar surface area (TPSA) is 158 Å². The predicted molar refractivity (Wildman–Crippen MR) is 134 cm³/mol. The molecule has 0 amide bonds. The normalized spacial score (nSPS) is 12.7. The fraction of sp³-hybridized carbons (Fsp3) is 0.0833. The molecule has 12 heteroatoms. The van der Waals surface area contributed by atoms with Crippen LogP contribution in [0.4, 0.5) is 22.7 Å². The zero-order chi connectivity index (χ0) is 26.1. The lowest BCUT2D eigenvalue weighted by Gasteiger charge is -2.10. The molecule has 4 rings (SSSR count). The second-order valence-electron chi connectivity index (χ2n) is 8.00. The molecule has 0 aliphatic heterocycles. The van der Waals surface area contributed by atoms with E-state index in [9.17, 15) is 25.9 Å². The van der Waals surface area contributed by atoms with Gasteiger partial charge < -0.3 is 0 Å². The zero-order valence-corrected chi connectivity index (χ0v) is 20.7. The highest BCUT2D eigenvalue weighted by molar-refractivity contribution is 7.86. The summed E-state index contributed by atoms with van der Waals surface area (Å²) in [6.45, 7) is 3.50. The van der Waals surface area contributed by atoms with Crippen molar-refractivity contribution in [3.8, 4) is 0 Å². The van der Waals surface area contributed by atoms with Crippen molar-refractivity contribution in [1.29, 1.82) is 0 Å². The van der Waals surface area contributed by atoms with E-state index in [0.717, 1.165) is 11.6 Å². The lowest BCUT2D eigenvalue weighted by molar-refractivity contribution is 0.481. The van der Waals surface area contributed by atoms with Crippen LogP contribution in [0.15, 0.2) is 103 Å². The Kier molecular flexibility index (Phi) is 6.78. The lowest BCUT2D eigenvalue weighted by atomic mass is 10.1. The van der Waals surface area contributed by atoms with Gasteiger partial charge in [-0.2, -0.15) is 37.3 Å². The molecule has 0 atom stereocenters. The highest BCUT2D eigenvalue weighted by atomic mass is 32.2. The van der Waals surface area contributed by atoms with Gasteiger partial charge in [0.15, 0.2) is 0 Å². The third-order valence-corrected chi connectivity index (χ3v) is 6.91. The van der Waals surface area contributed by atoms with Crippen LogP contribution in [0.5, 0.6) is 0 Å². The largest absolute Gasteiger partial charge is 0.295 e. The van der Waals surface area contributed by atoms with Crippen LogP contribution in [0.1, 0.15) is 11.1 Å². The van der Waals surface area contributed by atoms with Crippen LogP contribution in [0.2, 0.25) is 0 Å². The fourth-order valence-corrected chi connectivity index (χ4v) is 4.93. The van der Waals surface area contributed by atoms with Crippen LogP contribution < -0.4 is 0 Å². The Bertz CT molecular complexity index is 1730. The summed E-state index contributed by atoms with van der Waals surface area (Å²) >= 11 is 0. The highest BCUT2D eigenvalue weighted by Gasteiger charge is 2.22. The van der Waals surface area contributed by atoms with Gasteiger partial charge in [0, 0.05) is 10.8 Å². The second kappa shape index (κ2) is 9.66. The van der Waals surface area contributed by atoms with E-state index >= 15 is 0 Å². The Morgan fingerprint density at radius 3 is 1.36 bits per heavy atom. The highest BCUT2D eigenvalue weighted by Crippen LogP contribution is 2.35. The van der Waals surface area contributed by atoms with Crippen LogP contribution in [0.25, 0.3) is 10.8 Å². The summed E-state index contributed by atoms with van der Waals surface area (Å²) in [7, 11) is -9.45. The number of benzene rings is 4. The van der Waals surface area contributed by atoms with Gasteiger partial charge in [-0.15, -0.1) is 0 Å². The minimum atomic E-state index is -4.75. The molecule has 4 aromatic carbocycles. The second-order valence-corrected chi connectivity index (χ2v) is 10.8. The van der Waals surface area contributed by atoms with Gasteiger partial charge in [0.2, 0.25) is 0 Å². The van der Waals surface area contributed by atoms with Crippen molar-refractivity contribution in [2.75, 3.05) is 0 Å². The van der Waals surface area contributed by atoms with Gasteiger partial charge in [-0.05, 0) is 80.1 Å². The van der Waals surface area contributed by atoms with Gasteiger partial charge in [-0.25, -0.2) is 0 Å². The van der Waals surface area contributed by atoms with Crippen LogP contribution >= 0.6 is 0 Å². The Morgan fingerprint density at radius 1 is 0.500 bits per heavy atom. The Hall–Kier alpha value is -3.84. The molecule has 0 saturated carbocycles. The molecule has 0 aliphatic rings. The summed E-state index contributed by atoms with van der Waals surface area (Å²) in [6, 6.07) is 19.0. The van der Waals surface area contributed by atoms with Gasteiger partial charge in [0.05, 0.1) is 22.7 Å². The summed E-state index contributed by atoms with van der Waals surface area (Å²) in [5.74, 6) is 0. The number of rotatable bonds is 6. The summed E-state index contributed by atoms with van der Waals surface area (Å²) in [4.78, 5) is -1.07. The minimum Gasteiger partial charge on any atom is -0.282 e. The quantitative estimate of drug-likeness (QED) is 0.209. The first-order valence-corrected chi connectivity index (χ1v) is 13.3. The minimum absolute atomic E-state index is 0.0491. The number of fused-ring (bicyclic) bond motifs is 1. The molecule has 0 fully saturated rings. The molecule has 184 valence electrons. The summed E-state index contributed by atoms with van der Waals surface area (Å²) in [5.41, 5.74) is 3.11. The van der Waals surface area contributed by atoms with E-state index in [0.29, 0.717) is 22.6 Å². The number of aryl methyl sites for hydroxylation is 2. The molecule has 0 aromatic heterocycles. The van der Waals surface area contributed by atoms with Crippen molar-refractivity contribution in [3.63, 3.8) is 0 Å². The van der Waals surface area contributed by atoms with Crippen LogP contribution in [0, 0.1) is 13.8 Å². The molecule has 10 nitrogen and oxygen atoms in total. The van der Waals surface area contributed by atoms with E-state index in [1.165, 1.54) is 25.1 Å². The standard InChI is InChI=1S/C24H20N4O6S2/c1-15-3-5-17(6-4-15)25-26-18-7-9-19(10-8-18)27-28-20-13-22-21(24(14-20)36(32,33)34)11-16(2)12-23(22)35(29,30)31/h3-14H,1-2H3,(H,29,30,31)(H,32,33,34). The van der Waals surface area contributed by atoms with Crippen molar-refractivity contribution < 1.29 is 25.9 Å². The van der Waals surface area contributed by atoms with Crippen molar-refractivity contribution in [1.82, 2.24) is 0 Å². The van der Waals surface area contributed by atoms with Gasteiger partial charge in [-0.3, -0.25) is 9.11 Å². The first-order chi connectivity index (χ1) is 16.9. The summed E-state index contributed by atoms with van der Waals surface area (Å²) < 4.78 is 67.2. The van der Waals surface area contributed by atoms with Gasteiger partial charge in [-0.1, -0.05) is 17.7 Å². The van der Waals surface area contributed by atoms with E-state index in [4.69, 9.17) is 0 Å². The molecule has 36 heavy (non-hydrogen) atoms. The van der Waals surface area contributed by atoms with Crippen molar-refractivity contribution >= 4 is 53.8 Å². The fourth-order valence-electron chi connectivity index (χ4n) is 3.43. The van der Waals surface area contributed by atoms with E-state index in [1.807, 2.05) is 31.2 Å². The number of hydrogen-bond acceptors (Lipinski definition) is 8. The van der Waals surface area contributed by atoms with E-state index in [-0.39, 0.29) is 16.5 Å². The molecule has 0 saturated heterocycles. The Labute approximate surface area is 207 Å². The van der Waals surface area contributed by atoms with Gasteiger partial charge in [0.25, 0.3) is 20.2 Å². The maximum absolute atomic E-state index is 12.0. The maximum Gasteiger partial charge on any atom is 0.295 e. The summed E-state index contributed by atoms with van der Waals surface area (Å²) in [5, 5.41) is 16.2. The number of azo groups is 2. The van der Waals surface area contributed by atoms with Crippen molar-refractivity contribution in [2.24, 2.45) is 20.5 Å². The van der Waals surface area contributed by atoms with E-state index in [2.05, 4.69) is 20.5 Å². The Balaban J connectivity index is 1.69. The molecule has 0 radical (unpaired) electrons. The molecular formula is C24H20N4O6S2. The van der Waals surface area contributed by atoms with Crippen LogP contribution in [0.3, 0.4) is 0 Å². The molecule has 0 spiro atoms. The van der Waals surface area contributed by atoms with E-state index in [1.54, 1.807) is 24.3 Å². The molecule has 0 aliphatic carbocycles. The monoisotopic (exact) mass is 524 g/mol. The van der Waals surface area contributed by atoms with Crippen molar-refractivity contribution in [3.05, 3.63) is 83.9 Å². The number of hydrogen-bond donors (Lipinski definition) is 2. The molecule has 0 bridgehead atoms. The smallest absolute Gasteiger partial charge is 0.282 e.